The second-order valence-corrected chi connectivity index (χ2v) is 12.8. The van der Waals surface area contributed by atoms with Gasteiger partial charge in [-0.05, 0) is 30.3 Å². The molecule has 0 saturated carbocycles. The molecule has 0 radical (unpaired) electrons. The standard InChI is InChI=1S/C21H17FN2O6S2/c1-31(26,27)32(28,29)21-9-8-17(12-18(21)22)24-19(11-16(13-25)23-24)14-4-6-15(7-5-14)20-3-2-10-30-20/h2-12,25H,13H2,1H3. The predicted octanol–water partition coefficient (Wildman–Crippen LogP) is 3.16. The highest BCUT2D eigenvalue weighted by molar-refractivity contribution is 8.66. The Morgan fingerprint density at radius 2 is 1.69 bits per heavy atom. The van der Waals surface area contributed by atoms with Crippen molar-refractivity contribution in [3.8, 4) is 28.3 Å². The van der Waals surface area contributed by atoms with Crippen molar-refractivity contribution in [2.24, 2.45) is 0 Å². The summed E-state index contributed by atoms with van der Waals surface area (Å²) >= 11 is 0. The number of halogens is 1. The van der Waals surface area contributed by atoms with E-state index < -0.39 is 28.5 Å². The van der Waals surface area contributed by atoms with Crippen LogP contribution in [0.25, 0.3) is 28.3 Å². The molecule has 0 aliphatic carbocycles. The molecule has 0 fully saturated rings. The minimum absolute atomic E-state index is 0.153. The first kappa shape index (κ1) is 21.9. The molecule has 0 aliphatic heterocycles. The summed E-state index contributed by atoms with van der Waals surface area (Å²) in [5.41, 5.74) is 2.51. The third kappa shape index (κ3) is 3.85. The number of aliphatic hydroxyl groups excluding tert-OH is 1. The van der Waals surface area contributed by atoms with Gasteiger partial charge in [-0.1, -0.05) is 24.3 Å². The van der Waals surface area contributed by atoms with Crippen LogP contribution in [0.5, 0.6) is 0 Å². The van der Waals surface area contributed by atoms with Crippen molar-refractivity contribution in [3.05, 3.63) is 78.4 Å². The molecule has 2 aromatic heterocycles. The van der Waals surface area contributed by atoms with Gasteiger partial charge in [-0.2, -0.15) is 5.10 Å². The highest BCUT2D eigenvalue weighted by Crippen LogP contribution is 2.29. The molecule has 0 bridgehead atoms. The smallest absolute Gasteiger partial charge is 0.284 e. The van der Waals surface area contributed by atoms with Crippen LogP contribution in [0, 0.1) is 5.82 Å². The third-order valence-corrected chi connectivity index (χ3v) is 9.33. The molecule has 0 amide bonds. The average Bonchev–Trinajstić information content (AvgIpc) is 3.43. The maximum atomic E-state index is 14.7. The summed E-state index contributed by atoms with van der Waals surface area (Å²) in [6.45, 7) is -0.368. The van der Waals surface area contributed by atoms with Gasteiger partial charge in [-0.15, -0.1) is 0 Å². The van der Waals surface area contributed by atoms with Crippen molar-refractivity contribution >= 4 is 17.7 Å². The lowest BCUT2D eigenvalue weighted by Crippen LogP contribution is -2.15. The Kier molecular flexibility index (Phi) is 5.49. The Morgan fingerprint density at radius 3 is 2.25 bits per heavy atom. The van der Waals surface area contributed by atoms with Crippen LogP contribution < -0.4 is 0 Å². The molecular weight excluding hydrogens is 459 g/mol. The van der Waals surface area contributed by atoms with Crippen LogP contribution in [-0.2, 0) is 24.3 Å². The van der Waals surface area contributed by atoms with E-state index in [1.165, 1.54) is 10.7 Å². The Morgan fingerprint density at radius 1 is 1.00 bits per heavy atom. The number of furan rings is 1. The van der Waals surface area contributed by atoms with E-state index in [1.54, 1.807) is 30.5 Å². The van der Waals surface area contributed by atoms with Crippen molar-refractivity contribution in [3.63, 3.8) is 0 Å². The lowest BCUT2D eigenvalue weighted by atomic mass is 10.1. The molecule has 8 nitrogen and oxygen atoms in total. The van der Waals surface area contributed by atoms with E-state index in [-0.39, 0.29) is 12.3 Å². The van der Waals surface area contributed by atoms with Crippen molar-refractivity contribution in [1.29, 1.82) is 0 Å². The summed E-state index contributed by atoms with van der Waals surface area (Å²) in [7, 11) is -9.44. The average molecular weight is 477 g/mol. The molecule has 4 aromatic rings. The van der Waals surface area contributed by atoms with E-state index in [1.807, 2.05) is 18.2 Å². The minimum atomic E-state index is -4.88. The number of hydrogen-bond acceptors (Lipinski definition) is 7. The van der Waals surface area contributed by atoms with Crippen LogP contribution in [0.2, 0.25) is 0 Å². The van der Waals surface area contributed by atoms with Gasteiger partial charge in [0.25, 0.3) is 17.7 Å². The molecule has 4 rings (SSSR count). The zero-order chi connectivity index (χ0) is 23.1. The van der Waals surface area contributed by atoms with Gasteiger partial charge >= 0.3 is 0 Å². The largest absolute Gasteiger partial charge is 0.464 e. The highest BCUT2D eigenvalue weighted by atomic mass is 33.2. The molecule has 11 heteroatoms. The summed E-state index contributed by atoms with van der Waals surface area (Å²) in [6, 6.07) is 15.5. The van der Waals surface area contributed by atoms with Gasteiger partial charge in [0.15, 0.2) is 0 Å². The van der Waals surface area contributed by atoms with Crippen molar-refractivity contribution in [2.75, 3.05) is 6.26 Å². The Bertz CT molecular complexity index is 1490. The highest BCUT2D eigenvalue weighted by Gasteiger charge is 2.30. The van der Waals surface area contributed by atoms with Gasteiger partial charge < -0.3 is 9.52 Å². The number of benzene rings is 2. The van der Waals surface area contributed by atoms with E-state index in [4.69, 9.17) is 4.42 Å². The van der Waals surface area contributed by atoms with Gasteiger partial charge in [0, 0.05) is 17.2 Å². The molecular formula is C21H17FN2O6S2. The van der Waals surface area contributed by atoms with Crippen LogP contribution in [-0.4, -0.2) is 38.0 Å². The molecule has 0 atom stereocenters. The summed E-state index contributed by atoms with van der Waals surface area (Å²) in [6.07, 6.45) is 2.06. The maximum absolute atomic E-state index is 14.7. The van der Waals surface area contributed by atoms with Gasteiger partial charge in [-0.25, -0.2) is 25.9 Å². The summed E-state index contributed by atoms with van der Waals surface area (Å²) < 4.78 is 68.7. The molecule has 0 spiro atoms. The van der Waals surface area contributed by atoms with Crippen molar-refractivity contribution in [1.82, 2.24) is 9.78 Å². The second kappa shape index (κ2) is 8.01. The van der Waals surface area contributed by atoms with Gasteiger partial charge in [-0.3, -0.25) is 0 Å². The van der Waals surface area contributed by atoms with Crippen molar-refractivity contribution in [2.45, 2.75) is 11.5 Å². The third-order valence-electron chi connectivity index (χ3n) is 4.74. The topological polar surface area (TPSA) is 119 Å². The minimum Gasteiger partial charge on any atom is -0.464 e. The summed E-state index contributed by atoms with van der Waals surface area (Å²) in [4.78, 5) is -0.942. The first-order valence-electron chi connectivity index (χ1n) is 9.21. The Labute approximate surface area is 182 Å². The fourth-order valence-electron chi connectivity index (χ4n) is 3.15. The molecule has 1 N–H and O–H groups in total. The van der Waals surface area contributed by atoms with E-state index in [0.29, 0.717) is 29.0 Å². The second-order valence-electron chi connectivity index (χ2n) is 6.92. The summed E-state index contributed by atoms with van der Waals surface area (Å²) in [5, 5.41) is 13.8. The first-order valence-corrected chi connectivity index (χ1v) is 13.1. The van der Waals surface area contributed by atoms with Crippen LogP contribution in [0.15, 0.2) is 76.2 Å². The van der Waals surface area contributed by atoms with Crippen LogP contribution in [0.4, 0.5) is 4.39 Å². The molecule has 2 aromatic carbocycles. The zero-order valence-electron chi connectivity index (χ0n) is 16.6. The van der Waals surface area contributed by atoms with Crippen LogP contribution >= 0.6 is 0 Å². The number of aromatic nitrogens is 2. The van der Waals surface area contributed by atoms with Gasteiger partial charge in [0.2, 0.25) is 0 Å². The quantitative estimate of drug-likeness (QED) is 0.425. The van der Waals surface area contributed by atoms with E-state index >= 15 is 0 Å². The molecule has 0 saturated heterocycles. The fraction of sp³-hybridized carbons (Fsp3) is 0.0952. The molecule has 166 valence electrons. The lowest BCUT2D eigenvalue weighted by Gasteiger charge is -2.10. The molecule has 0 aliphatic rings. The van der Waals surface area contributed by atoms with Crippen molar-refractivity contribution < 1.29 is 30.7 Å². The van der Waals surface area contributed by atoms with E-state index in [9.17, 15) is 26.3 Å². The number of rotatable bonds is 6. The predicted molar refractivity (Wildman–Crippen MR) is 115 cm³/mol. The number of aliphatic hydroxyl groups is 1. The SMILES string of the molecule is CS(=O)(=O)S(=O)(=O)c1ccc(-n2nc(CO)cc2-c2ccc(-c3ccco3)cc2)cc1F. The normalized spacial score (nSPS) is 12.2. The van der Waals surface area contributed by atoms with Gasteiger partial charge in [0.05, 0.1) is 36.2 Å². The number of nitrogens with zero attached hydrogens (tertiary/aromatic N) is 2. The van der Waals surface area contributed by atoms with Gasteiger partial charge in [0.1, 0.15) is 16.5 Å². The van der Waals surface area contributed by atoms with E-state index in [2.05, 4.69) is 5.10 Å². The fourth-order valence-corrected chi connectivity index (χ4v) is 5.39. The lowest BCUT2D eigenvalue weighted by molar-refractivity contribution is 0.276. The Hall–Kier alpha value is -3.28. The molecule has 0 unspecified atom stereocenters. The summed E-state index contributed by atoms with van der Waals surface area (Å²) in [5.74, 6) is -0.543. The monoisotopic (exact) mass is 476 g/mol. The van der Waals surface area contributed by atoms with E-state index in [0.717, 1.165) is 17.7 Å². The molecule has 2 heterocycles. The van der Waals surface area contributed by atoms with Crippen LogP contribution in [0.1, 0.15) is 5.69 Å². The maximum Gasteiger partial charge on any atom is 0.284 e. The molecule has 32 heavy (non-hydrogen) atoms. The van der Waals surface area contributed by atoms with Crippen LogP contribution in [0.3, 0.4) is 0 Å². The zero-order valence-corrected chi connectivity index (χ0v) is 18.3. The number of hydrogen-bond donors (Lipinski definition) is 1. The Balaban J connectivity index is 1.79. The first-order chi connectivity index (χ1) is 15.1.